The van der Waals surface area contributed by atoms with E-state index in [1.807, 2.05) is 0 Å². The number of alkyl halides is 3. The number of nitrogens with one attached hydrogen (secondary N) is 1. The summed E-state index contributed by atoms with van der Waals surface area (Å²) in [6.45, 7) is 0.155. The van der Waals surface area contributed by atoms with Crippen molar-refractivity contribution in [3.05, 3.63) is 0 Å². The lowest BCUT2D eigenvalue weighted by Gasteiger charge is -2.29. The van der Waals surface area contributed by atoms with Crippen LogP contribution in [-0.4, -0.2) is 29.7 Å². The molecule has 0 aliphatic heterocycles. The summed E-state index contributed by atoms with van der Waals surface area (Å²) in [5.74, 6) is -2.41. The van der Waals surface area contributed by atoms with Crippen molar-refractivity contribution in [3.8, 4) is 0 Å². The van der Waals surface area contributed by atoms with Crippen LogP contribution in [-0.2, 0) is 4.79 Å². The maximum atomic E-state index is 12.6. The average molecular weight is 281 g/mol. The molecule has 1 saturated carbocycles. The Morgan fingerprint density at radius 3 is 2.68 bits per heavy atom. The van der Waals surface area contributed by atoms with E-state index in [-0.39, 0.29) is 37.6 Å². The predicted octanol–water partition coefficient (Wildman–Crippen LogP) is 1.61. The van der Waals surface area contributed by atoms with Crippen molar-refractivity contribution in [2.45, 2.75) is 38.3 Å². The van der Waals surface area contributed by atoms with E-state index in [0.29, 0.717) is 12.8 Å². The molecule has 110 valence electrons. The largest absolute Gasteiger partial charge is 0.409 e. The maximum absolute atomic E-state index is 12.6. The number of amides is 1. The summed E-state index contributed by atoms with van der Waals surface area (Å²) in [4.78, 5) is 11.7. The molecule has 2 atom stereocenters. The Balaban J connectivity index is 2.40. The van der Waals surface area contributed by atoms with Crippen molar-refractivity contribution in [2.24, 2.45) is 22.7 Å². The van der Waals surface area contributed by atoms with Crippen LogP contribution in [0.2, 0.25) is 0 Å². The van der Waals surface area contributed by atoms with E-state index in [1.165, 1.54) is 0 Å². The quantitative estimate of drug-likeness (QED) is 0.316. The fourth-order valence-electron chi connectivity index (χ4n) is 2.23. The number of hydrogen-bond acceptors (Lipinski definition) is 3. The van der Waals surface area contributed by atoms with Gasteiger partial charge in [-0.1, -0.05) is 11.6 Å². The van der Waals surface area contributed by atoms with Crippen LogP contribution in [0.1, 0.15) is 32.1 Å². The van der Waals surface area contributed by atoms with Crippen molar-refractivity contribution in [1.82, 2.24) is 5.32 Å². The highest BCUT2D eigenvalue weighted by Crippen LogP contribution is 2.39. The number of rotatable bonds is 4. The molecule has 0 spiro atoms. The molecule has 5 nitrogen and oxygen atoms in total. The monoisotopic (exact) mass is 281 g/mol. The minimum absolute atomic E-state index is 0.0305. The van der Waals surface area contributed by atoms with Crippen LogP contribution in [0.5, 0.6) is 0 Å². The molecule has 1 amide bonds. The number of carbonyl (C=O) groups is 1. The normalized spacial score (nSPS) is 25.1. The lowest BCUT2D eigenvalue weighted by Crippen LogP contribution is -2.38. The van der Waals surface area contributed by atoms with Gasteiger partial charge >= 0.3 is 6.18 Å². The third-order valence-electron chi connectivity index (χ3n) is 3.32. The first-order valence-electron chi connectivity index (χ1n) is 6.15. The van der Waals surface area contributed by atoms with Gasteiger partial charge in [-0.25, -0.2) is 0 Å². The number of amidine groups is 1. The van der Waals surface area contributed by atoms with Crippen molar-refractivity contribution < 1.29 is 23.2 Å². The van der Waals surface area contributed by atoms with Gasteiger partial charge in [0.25, 0.3) is 0 Å². The molecule has 8 heteroatoms. The molecule has 0 aromatic rings. The van der Waals surface area contributed by atoms with E-state index in [4.69, 9.17) is 10.9 Å². The lowest BCUT2D eigenvalue weighted by atomic mass is 9.80. The average Bonchev–Trinajstić information content (AvgIpc) is 2.37. The SMILES string of the molecule is NC(CCNC(=O)C1CCCC(C(F)(F)F)C1)=NO. The highest BCUT2D eigenvalue weighted by molar-refractivity contribution is 5.82. The third-order valence-corrected chi connectivity index (χ3v) is 3.32. The second kappa shape index (κ2) is 6.63. The fraction of sp³-hybridized carbons (Fsp3) is 0.818. The molecule has 2 unspecified atom stereocenters. The zero-order valence-electron chi connectivity index (χ0n) is 10.4. The maximum Gasteiger partial charge on any atom is 0.391 e. The molecule has 1 fully saturated rings. The third kappa shape index (κ3) is 4.96. The van der Waals surface area contributed by atoms with Crippen molar-refractivity contribution in [3.63, 3.8) is 0 Å². The molecule has 1 aliphatic carbocycles. The van der Waals surface area contributed by atoms with Crippen molar-refractivity contribution >= 4 is 11.7 Å². The van der Waals surface area contributed by atoms with E-state index in [0.717, 1.165) is 0 Å². The van der Waals surface area contributed by atoms with Gasteiger partial charge in [0.15, 0.2) is 0 Å². The second-order valence-corrected chi connectivity index (χ2v) is 4.73. The molecule has 0 bridgehead atoms. The second-order valence-electron chi connectivity index (χ2n) is 4.73. The van der Waals surface area contributed by atoms with Gasteiger partial charge in [-0.3, -0.25) is 4.79 Å². The van der Waals surface area contributed by atoms with Crippen LogP contribution in [0, 0.1) is 11.8 Å². The molecule has 0 saturated heterocycles. The van der Waals surface area contributed by atoms with Crippen molar-refractivity contribution in [2.75, 3.05) is 6.54 Å². The summed E-state index contributed by atoms with van der Waals surface area (Å²) in [5.41, 5.74) is 5.22. The van der Waals surface area contributed by atoms with E-state index < -0.39 is 18.0 Å². The smallest absolute Gasteiger partial charge is 0.391 e. The topological polar surface area (TPSA) is 87.7 Å². The summed E-state index contributed by atoms with van der Waals surface area (Å²) in [7, 11) is 0. The summed E-state index contributed by atoms with van der Waals surface area (Å²) < 4.78 is 37.8. The first kappa shape index (κ1) is 15.6. The van der Waals surface area contributed by atoms with Gasteiger partial charge in [-0.05, 0) is 19.3 Å². The van der Waals surface area contributed by atoms with Crippen molar-refractivity contribution in [1.29, 1.82) is 0 Å². The Kier molecular flexibility index (Phi) is 5.44. The Hall–Kier alpha value is -1.47. The van der Waals surface area contributed by atoms with E-state index in [2.05, 4.69) is 10.5 Å². The van der Waals surface area contributed by atoms with E-state index >= 15 is 0 Å². The molecule has 4 N–H and O–H groups in total. The van der Waals surface area contributed by atoms with Crippen LogP contribution in [0.3, 0.4) is 0 Å². The van der Waals surface area contributed by atoms with E-state index in [1.54, 1.807) is 0 Å². The predicted molar refractivity (Wildman–Crippen MR) is 62.5 cm³/mol. The van der Waals surface area contributed by atoms with Gasteiger partial charge in [-0.2, -0.15) is 13.2 Å². The fourth-order valence-corrected chi connectivity index (χ4v) is 2.23. The molecule has 1 rings (SSSR count). The van der Waals surface area contributed by atoms with Crippen LogP contribution >= 0.6 is 0 Å². The standard InChI is InChI=1S/C11H18F3N3O2/c12-11(13,14)8-3-1-2-7(6-8)10(18)16-5-4-9(15)17-19/h7-8,19H,1-6H2,(H2,15,17)(H,16,18). The molecule has 0 aromatic carbocycles. The minimum Gasteiger partial charge on any atom is -0.409 e. The Labute approximate surface area is 109 Å². The molecular weight excluding hydrogens is 263 g/mol. The lowest BCUT2D eigenvalue weighted by molar-refractivity contribution is -0.186. The van der Waals surface area contributed by atoms with Gasteiger partial charge < -0.3 is 16.3 Å². The van der Waals surface area contributed by atoms with Gasteiger partial charge in [0, 0.05) is 18.9 Å². The molecule has 0 radical (unpaired) electrons. The number of hydrogen-bond donors (Lipinski definition) is 3. The minimum atomic E-state index is -4.23. The van der Waals surface area contributed by atoms with E-state index in [9.17, 15) is 18.0 Å². The Bertz CT molecular complexity index is 345. The van der Waals surface area contributed by atoms with Gasteiger partial charge in [0.05, 0.1) is 5.92 Å². The summed E-state index contributed by atoms with van der Waals surface area (Å²) in [6.07, 6.45) is -3.24. The zero-order chi connectivity index (χ0) is 14.5. The molecular formula is C11H18F3N3O2. The number of oxime groups is 1. The highest BCUT2D eigenvalue weighted by Gasteiger charge is 2.43. The first-order valence-corrected chi connectivity index (χ1v) is 6.15. The van der Waals surface area contributed by atoms with Crippen LogP contribution in [0.25, 0.3) is 0 Å². The van der Waals surface area contributed by atoms with Crippen LogP contribution in [0.15, 0.2) is 5.16 Å². The number of carbonyl (C=O) groups excluding carboxylic acids is 1. The molecule has 1 aliphatic rings. The van der Waals surface area contributed by atoms with Crippen LogP contribution in [0.4, 0.5) is 13.2 Å². The molecule has 19 heavy (non-hydrogen) atoms. The zero-order valence-corrected chi connectivity index (χ0v) is 10.4. The number of halogens is 3. The number of nitrogens with zero attached hydrogens (tertiary/aromatic N) is 1. The molecule has 0 heterocycles. The van der Waals surface area contributed by atoms with Gasteiger partial charge in [0.1, 0.15) is 5.84 Å². The number of nitrogens with two attached hydrogens (primary N) is 1. The molecule has 0 aromatic heterocycles. The van der Waals surface area contributed by atoms with Gasteiger partial charge in [0.2, 0.25) is 5.91 Å². The highest BCUT2D eigenvalue weighted by atomic mass is 19.4. The van der Waals surface area contributed by atoms with Gasteiger partial charge in [-0.15, -0.1) is 0 Å². The first-order chi connectivity index (χ1) is 8.84. The summed E-state index contributed by atoms with van der Waals surface area (Å²) in [6, 6.07) is 0. The Morgan fingerprint density at radius 2 is 2.11 bits per heavy atom. The Morgan fingerprint density at radius 1 is 1.42 bits per heavy atom. The summed E-state index contributed by atoms with van der Waals surface area (Å²) in [5, 5.41) is 13.5. The van der Waals surface area contributed by atoms with Crippen LogP contribution < -0.4 is 11.1 Å². The summed E-state index contributed by atoms with van der Waals surface area (Å²) >= 11 is 0.